The van der Waals surface area contributed by atoms with Gasteiger partial charge < -0.3 is 0 Å². The van der Waals surface area contributed by atoms with Crippen LogP contribution in [0.1, 0.15) is 31.9 Å². The monoisotopic (exact) mass is 217 g/mol. The molecular weight excluding hydrogens is 201 g/mol. The zero-order chi connectivity index (χ0) is 11.9. The lowest BCUT2D eigenvalue weighted by atomic mass is 9.84. The van der Waals surface area contributed by atoms with Crippen molar-refractivity contribution in [2.24, 2.45) is 0 Å². The zero-order valence-corrected chi connectivity index (χ0v) is 10.1. The molecule has 1 heterocycles. The van der Waals surface area contributed by atoms with Gasteiger partial charge in [-0.25, -0.2) is 4.39 Å². The Bertz CT molecular complexity index is 538. The van der Waals surface area contributed by atoms with Crippen LogP contribution in [0, 0.1) is 12.7 Å². The van der Waals surface area contributed by atoms with Crippen LogP contribution in [0.4, 0.5) is 4.39 Å². The number of halogens is 1. The highest BCUT2D eigenvalue weighted by molar-refractivity contribution is 5.84. The molecule has 1 aromatic carbocycles. The first kappa shape index (κ1) is 11.1. The molecule has 0 unspecified atom stereocenters. The molecule has 0 aliphatic rings. The maximum atomic E-state index is 13.8. The van der Waals surface area contributed by atoms with Gasteiger partial charge in [0.05, 0.1) is 0 Å². The summed E-state index contributed by atoms with van der Waals surface area (Å²) in [6, 6.07) is 5.51. The highest BCUT2D eigenvalue weighted by atomic mass is 19.1. The van der Waals surface area contributed by atoms with Crippen molar-refractivity contribution in [3.8, 4) is 0 Å². The Balaban J connectivity index is 2.87. The Morgan fingerprint density at radius 1 is 1.19 bits per heavy atom. The summed E-state index contributed by atoms with van der Waals surface area (Å²) < 4.78 is 13.8. The van der Waals surface area contributed by atoms with Crippen LogP contribution in [0.2, 0.25) is 0 Å². The van der Waals surface area contributed by atoms with Gasteiger partial charge in [-0.3, -0.25) is 4.98 Å². The molecule has 0 atom stereocenters. The molecule has 0 fully saturated rings. The number of aromatic nitrogens is 1. The maximum absolute atomic E-state index is 13.8. The predicted octanol–water partition coefficient (Wildman–Crippen LogP) is 3.98. The molecule has 0 N–H and O–H groups in total. The summed E-state index contributed by atoms with van der Waals surface area (Å²) in [5, 5.41) is 0.924. The van der Waals surface area contributed by atoms with Crippen LogP contribution in [0.5, 0.6) is 0 Å². The minimum Gasteiger partial charge on any atom is -0.253 e. The van der Waals surface area contributed by atoms with Crippen LogP contribution in [0.15, 0.2) is 24.4 Å². The molecule has 84 valence electrons. The Morgan fingerprint density at radius 2 is 1.88 bits per heavy atom. The standard InChI is InChI=1S/C14H16FN/c1-9-7-10-11(14(2,3)4)5-6-16-13(10)12(15)8-9/h5-8H,1-4H3. The molecule has 2 aromatic rings. The van der Waals surface area contributed by atoms with Gasteiger partial charge in [0.15, 0.2) is 0 Å². The summed E-state index contributed by atoms with van der Waals surface area (Å²) in [7, 11) is 0. The Kier molecular flexibility index (Phi) is 2.45. The highest BCUT2D eigenvalue weighted by Gasteiger charge is 2.18. The van der Waals surface area contributed by atoms with Crippen molar-refractivity contribution in [1.29, 1.82) is 0 Å². The average molecular weight is 217 g/mol. The van der Waals surface area contributed by atoms with Crippen molar-refractivity contribution < 1.29 is 4.39 Å². The molecule has 1 aromatic heterocycles. The van der Waals surface area contributed by atoms with E-state index in [2.05, 4.69) is 25.8 Å². The summed E-state index contributed by atoms with van der Waals surface area (Å²) in [5.74, 6) is -0.235. The lowest BCUT2D eigenvalue weighted by molar-refractivity contribution is 0.594. The van der Waals surface area contributed by atoms with E-state index < -0.39 is 0 Å². The lowest BCUT2D eigenvalue weighted by Crippen LogP contribution is -2.12. The minimum atomic E-state index is -0.235. The number of fused-ring (bicyclic) bond motifs is 1. The van der Waals surface area contributed by atoms with Crippen molar-refractivity contribution in [3.05, 3.63) is 41.3 Å². The zero-order valence-electron chi connectivity index (χ0n) is 10.1. The number of benzene rings is 1. The molecule has 0 bridgehead atoms. The smallest absolute Gasteiger partial charge is 0.149 e. The van der Waals surface area contributed by atoms with Gasteiger partial charge >= 0.3 is 0 Å². The van der Waals surface area contributed by atoms with Crippen molar-refractivity contribution in [1.82, 2.24) is 4.98 Å². The third-order valence-electron chi connectivity index (χ3n) is 2.75. The summed E-state index contributed by atoms with van der Waals surface area (Å²) in [5.41, 5.74) is 2.54. The van der Waals surface area contributed by atoms with Gasteiger partial charge in [-0.15, -0.1) is 0 Å². The van der Waals surface area contributed by atoms with Crippen molar-refractivity contribution in [2.75, 3.05) is 0 Å². The maximum Gasteiger partial charge on any atom is 0.149 e. The first-order chi connectivity index (χ1) is 7.39. The number of rotatable bonds is 0. The third-order valence-corrected chi connectivity index (χ3v) is 2.75. The normalized spacial score (nSPS) is 12.1. The van der Waals surface area contributed by atoms with Gasteiger partial charge in [0, 0.05) is 11.6 Å². The fourth-order valence-corrected chi connectivity index (χ4v) is 2.00. The van der Waals surface area contributed by atoms with E-state index in [1.165, 1.54) is 6.07 Å². The molecule has 0 spiro atoms. The Morgan fingerprint density at radius 3 is 2.50 bits per heavy atom. The topological polar surface area (TPSA) is 12.9 Å². The van der Waals surface area contributed by atoms with Crippen LogP contribution < -0.4 is 0 Å². The molecule has 2 heteroatoms. The van der Waals surface area contributed by atoms with Crippen molar-refractivity contribution in [2.45, 2.75) is 33.1 Å². The van der Waals surface area contributed by atoms with E-state index in [9.17, 15) is 4.39 Å². The first-order valence-electron chi connectivity index (χ1n) is 5.45. The summed E-state index contributed by atoms with van der Waals surface area (Å²) in [6.45, 7) is 8.29. The average Bonchev–Trinajstić information content (AvgIpc) is 2.15. The fraction of sp³-hybridized carbons (Fsp3) is 0.357. The number of nitrogens with zero attached hydrogens (tertiary/aromatic N) is 1. The Hall–Kier alpha value is -1.44. The molecule has 16 heavy (non-hydrogen) atoms. The van der Waals surface area contributed by atoms with E-state index in [1.54, 1.807) is 6.20 Å². The fourth-order valence-electron chi connectivity index (χ4n) is 2.00. The molecule has 1 nitrogen and oxygen atoms in total. The molecule has 0 saturated carbocycles. The van der Waals surface area contributed by atoms with Crippen LogP contribution in [0.3, 0.4) is 0 Å². The highest BCUT2D eigenvalue weighted by Crippen LogP contribution is 2.30. The van der Waals surface area contributed by atoms with Gasteiger partial charge in [-0.05, 0) is 41.7 Å². The van der Waals surface area contributed by atoms with E-state index in [0.717, 1.165) is 16.5 Å². The third kappa shape index (κ3) is 1.80. The van der Waals surface area contributed by atoms with Crippen molar-refractivity contribution >= 4 is 10.9 Å². The largest absolute Gasteiger partial charge is 0.253 e. The van der Waals surface area contributed by atoms with Crippen LogP contribution in [0.25, 0.3) is 10.9 Å². The molecular formula is C14H16FN. The second-order valence-electron chi connectivity index (χ2n) is 5.25. The summed E-state index contributed by atoms with van der Waals surface area (Å²) >= 11 is 0. The van der Waals surface area contributed by atoms with E-state index in [-0.39, 0.29) is 11.2 Å². The predicted molar refractivity (Wildman–Crippen MR) is 65.1 cm³/mol. The number of pyridine rings is 1. The van der Waals surface area contributed by atoms with E-state index in [4.69, 9.17) is 0 Å². The summed E-state index contributed by atoms with van der Waals surface area (Å²) in [4.78, 5) is 4.12. The van der Waals surface area contributed by atoms with Crippen LogP contribution in [-0.4, -0.2) is 4.98 Å². The quantitative estimate of drug-likeness (QED) is 0.650. The number of aryl methyl sites for hydroxylation is 1. The second kappa shape index (κ2) is 3.55. The number of hydrogen-bond acceptors (Lipinski definition) is 1. The molecule has 0 aliphatic heterocycles. The number of hydrogen-bond donors (Lipinski definition) is 0. The first-order valence-corrected chi connectivity index (χ1v) is 5.45. The summed E-state index contributed by atoms with van der Waals surface area (Å²) in [6.07, 6.45) is 1.68. The molecule has 2 rings (SSSR count). The molecule has 0 amide bonds. The van der Waals surface area contributed by atoms with Gasteiger partial charge in [-0.2, -0.15) is 0 Å². The Labute approximate surface area is 95.3 Å². The van der Waals surface area contributed by atoms with Gasteiger partial charge in [0.2, 0.25) is 0 Å². The van der Waals surface area contributed by atoms with E-state index >= 15 is 0 Å². The molecule has 0 radical (unpaired) electrons. The van der Waals surface area contributed by atoms with Gasteiger partial charge in [-0.1, -0.05) is 20.8 Å². The second-order valence-corrected chi connectivity index (χ2v) is 5.25. The molecule has 0 aliphatic carbocycles. The SMILES string of the molecule is Cc1cc(F)c2nccc(C(C)(C)C)c2c1. The van der Waals surface area contributed by atoms with E-state index in [1.807, 2.05) is 19.1 Å². The van der Waals surface area contributed by atoms with Gasteiger partial charge in [0.1, 0.15) is 11.3 Å². The molecule has 0 saturated heterocycles. The van der Waals surface area contributed by atoms with Gasteiger partial charge in [0.25, 0.3) is 0 Å². The minimum absolute atomic E-state index is 0.00141. The van der Waals surface area contributed by atoms with Crippen LogP contribution >= 0.6 is 0 Å². The van der Waals surface area contributed by atoms with Crippen LogP contribution in [-0.2, 0) is 5.41 Å². The van der Waals surface area contributed by atoms with Crippen molar-refractivity contribution in [3.63, 3.8) is 0 Å². The van der Waals surface area contributed by atoms with E-state index in [0.29, 0.717) is 5.52 Å². The lowest BCUT2D eigenvalue weighted by Gasteiger charge is -2.21.